The van der Waals surface area contributed by atoms with Gasteiger partial charge in [0.05, 0.1) is 31.9 Å². The topological polar surface area (TPSA) is 723 Å². The number of carbonyl (C=O) groups is 5. The van der Waals surface area contributed by atoms with Crippen LogP contribution in [0.1, 0.15) is 58.3 Å². The normalized spacial score (nSPS) is 36.1. The van der Waals surface area contributed by atoms with Crippen molar-refractivity contribution in [2.24, 2.45) is 0 Å². The third kappa shape index (κ3) is 27.8. The van der Waals surface area contributed by atoms with Gasteiger partial charge < -0.3 is 112 Å². The maximum absolute atomic E-state index is 13.9. The predicted molar refractivity (Wildman–Crippen MR) is 360 cm³/mol. The van der Waals surface area contributed by atoms with Gasteiger partial charge in [0.2, 0.25) is 11.8 Å². The first-order valence-electron chi connectivity index (χ1n) is 33.6. The number of hydrogen-bond acceptors (Lipinski definition) is 41. The maximum atomic E-state index is 13.9. The Morgan fingerprint density at radius 1 is 0.460 bits per heavy atom. The van der Waals surface area contributed by atoms with Gasteiger partial charge in [0.25, 0.3) is 0 Å². The largest absolute Gasteiger partial charge is 0.479 e. The molecule has 7 heterocycles. The van der Waals surface area contributed by atoms with Crippen LogP contribution in [-0.2, 0) is 182 Å². The number of methoxy groups -OCH3 is 6. The number of carbonyl (C=O) groups excluding carboxylic acids is 3. The average molecular weight is 1790 g/mol. The number of fused-ring (bicyclic) bond motifs is 1. The second kappa shape index (κ2) is 41.8. The number of carboxylic acid groups (broad SMARTS) is 2. The van der Waals surface area contributed by atoms with Crippen molar-refractivity contribution in [1.29, 1.82) is 0 Å². The molecule has 52 nitrogen and oxygen atoms in total. The molecule has 7 rings (SSSR count). The van der Waals surface area contributed by atoms with Crippen LogP contribution in [0.25, 0.3) is 0 Å². The molecule has 0 aromatic carbocycles. The van der Waals surface area contributed by atoms with E-state index in [4.69, 9.17) is 88.3 Å². The molecule has 656 valence electrons. The molecule has 0 aromatic rings. The molecule has 13 N–H and O–H groups in total. The van der Waals surface area contributed by atoms with Gasteiger partial charge in [0.15, 0.2) is 55.9 Å². The maximum Gasteiger partial charge on any atom is 0.397 e. The molecule has 4 amide bonds. The molecule has 0 radical (unpaired) electrons. The number of aliphatic carboxylic acids is 2. The van der Waals surface area contributed by atoms with E-state index in [1.54, 1.807) is 11.8 Å². The Kier molecular flexibility index (Phi) is 35.6. The Labute approximate surface area is 650 Å². The second-order valence-electron chi connectivity index (χ2n) is 25.4. The number of amides is 4. The summed E-state index contributed by atoms with van der Waals surface area (Å²) in [5.41, 5.74) is 0. The van der Waals surface area contributed by atoms with Crippen molar-refractivity contribution < 1.29 is 218 Å². The third-order valence-electron chi connectivity index (χ3n) is 18.1. The van der Waals surface area contributed by atoms with Crippen molar-refractivity contribution in [1.82, 2.24) is 21.3 Å². The number of carboxylic acids is 2. The molecule has 113 heavy (non-hydrogen) atoms. The van der Waals surface area contributed by atoms with Crippen LogP contribution in [0.15, 0.2) is 0 Å². The molecule has 0 aliphatic carbocycles. The van der Waals surface area contributed by atoms with Gasteiger partial charge in [-0.15, -0.1) is 0 Å². The van der Waals surface area contributed by atoms with Crippen molar-refractivity contribution in [2.75, 3.05) is 81.4 Å². The minimum absolute atomic E-state index is 0.0186. The molecule has 7 aliphatic rings. The van der Waals surface area contributed by atoms with Crippen LogP contribution in [0.2, 0.25) is 0 Å². The first kappa shape index (κ1) is 96.2. The number of thioether (sulfide) groups is 1. The van der Waals surface area contributed by atoms with Crippen LogP contribution < -0.4 is 21.3 Å². The zero-order chi connectivity index (χ0) is 84.0. The minimum atomic E-state index is -6.21. The van der Waals surface area contributed by atoms with Gasteiger partial charge in [-0.25, -0.2) is 39.5 Å². The Morgan fingerprint density at radius 2 is 0.876 bits per heavy atom. The molecule has 7 fully saturated rings. The van der Waals surface area contributed by atoms with Crippen molar-refractivity contribution in [3.05, 3.63) is 0 Å². The van der Waals surface area contributed by atoms with E-state index in [0.29, 0.717) is 19.3 Å². The molecular formula is C54H90N4O48S7. The van der Waals surface area contributed by atoms with Gasteiger partial charge in [0.1, 0.15) is 97.6 Å². The Bertz CT molecular complexity index is 3880. The van der Waals surface area contributed by atoms with Crippen LogP contribution in [-0.4, -0.2) is 375 Å². The number of urea groups is 1. The van der Waals surface area contributed by atoms with Crippen LogP contribution in [0, 0.1) is 0 Å². The number of aliphatic hydroxyl groups is 1. The van der Waals surface area contributed by atoms with E-state index in [9.17, 15) is 117 Å². The van der Waals surface area contributed by atoms with Crippen molar-refractivity contribution in [3.8, 4) is 0 Å². The van der Waals surface area contributed by atoms with Gasteiger partial charge in [-0.3, -0.25) is 36.9 Å². The number of rotatable bonds is 45. The van der Waals surface area contributed by atoms with E-state index in [1.165, 1.54) is 6.92 Å². The fraction of sp³-hybridized carbons (Fsp3) is 0.907. The van der Waals surface area contributed by atoms with Crippen molar-refractivity contribution in [3.63, 3.8) is 0 Å². The van der Waals surface area contributed by atoms with E-state index < -0.39 is 254 Å². The van der Waals surface area contributed by atoms with E-state index >= 15 is 0 Å². The van der Waals surface area contributed by atoms with Crippen LogP contribution in [0.4, 0.5) is 4.79 Å². The van der Waals surface area contributed by atoms with E-state index in [2.05, 4.69) is 33.8 Å². The molecular weight excluding hydrogens is 1700 g/mol. The highest BCUT2D eigenvalue weighted by atomic mass is 32.3. The number of nitrogens with one attached hydrogen (secondary N) is 4. The highest BCUT2D eigenvalue weighted by molar-refractivity contribution is 8.00. The van der Waals surface area contributed by atoms with Crippen LogP contribution >= 0.6 is 11.8 Å². The van der Waals surface area contributed by atoms with Crippen molar-refractivity contribution >= 4 is 104 Å². The molecule has 7 saturated heterocycles. The van der Waals surface area contributed by atoms with Crippen LogP contribution in [0.3, 0.4) is 0 Å². The Balaban J connectivity index is 1.17. The molecule has 0 spiro atoms. The lowest BCUT2D eigenvalue weighted by Gasteiger charge is -2.51. The predicted octanol–water partition coefficient (Wildman–Crippen LogP) is -6.28. The standard InChI is InChI=1S/C54H90N4O48S7/c1-8-91-34-30(57-28(60)16-10-9-13-17-55-27(59)15-12-11-14-26-29-22(21-107-26)56-54(66)58-29)49(95-23(31(34)61)18-92-108(67,68)69)100-38-36(86-3)43(88-5)52(102-41(38)47(62)63)99-33-25(20-94-110(73,74)75)97-53(46(106-113(82,83)84)40(33)104-111(76,77)78)101-39-37(87-4)44(89-6)51(103-42(39)48(64)65)98-32-24(19-93-109(70,71)72)96-50(90-7)45(35(32)85-2)105-112(79,80)81/h22-26,29-46,49-53,61H,8-21H2,1-7H3,(H,55,59)(H,57,60)(H,62,63)(H,64,65)(H2,56,58,66)(H,67,68,69)(H,70,71,72)(H,73,74,75)(H,76,77,78)(H,79,80,81)(H,82,83,84)/t22?,23-,24-,25-,26?,29?,30-,31-,32-,33-,34-,35+,36+,37+,38+,39+,40+,41+,42+,43-,44-,45-,46-,49+,50+,51+,52-,53-/m1/s1. The van der Waals surface area contributed by atoms with Gasteiger partial charge in [-0.2, -0.15) is 62.3 Å². The summed E-state index contributed by atoms with van der Waals surface area (Å²) in [6.07, 6.45) is -52.9. The quantitative estimate of drug-likeness (QED) is 0.0153. The minimum Gasteiger partial charge on any atom is -0.479 e. The van der Waals surface area contributed by atoms with Gasteiger partial charge in [-0.1, -0.05) is 12.8 Å². The van der Waals surface area contributed by atoms with Gasteiger partial charge in [0, 0.05) is 79.7 Å². The summed E-state index contributed by atoms with van der Waals surface area (Å²) in [5.74, 6) is -4.45. The summed E-state index contributed by atoms with van der Waals surface area (Å²) in [6.45, 7) is -2.90. The van der Waals surface area contributed by atoms with E-state index in [-0.39, 0.29) is 61.7 Å². The molecule has 0 saturated carbocycles. The number of hydrogen-bond donors (Lipinski definition) is 13. The Morgan fingerprint density at radius 3 is 1.35 bits per heavy atom. The molecule has 3 unspecified atom stereocenters. The van der Waals surface area contributed by atoms with Crippen LogP contribution in [0.5, 0.6) is 0 Å². The summed E-state index contributed by atoms with van der Waals surface area (Å²) in [5, 5.41) is 44.8. The lowest BCUT2D eigenvalue weighted by Crippen LogP contribution is -2.70. The molecule has 59 heteroatoms. The third-order valence-corrected chi connectivity index (χ3v) is 22.3. The van der Waals surface area contributed by atoms with E-state index in [0.717, 1.165) is 61.3 Å². The van der Waals surface area contributed by atoms with Gasteiger partial charge in [-0.05, 0) is 32.6 Å². The summed E-state index contributed by atoms with van der Waals surface area (Å²) < 4.78 is 327. The summed E-state index contributed by atoms with van der Waals surface area (Å²) in [4.78, 5) is 65.4. The average Bonchev–Trinajstić information content (AvgIpc) is 0.851. The number of unbranched alkanes of at least 4 members (excludes halogenated alkanes) is 3. The fourth-order valence-electron chi connectivity index (χ4n) is 13.5. The first-order chi connectivity index (χ1) is 52.7. The molecule has 0 aromatic heterocycles. The summed E-state index contributed by atoms with van der Waals surface area (Å²) in [6, 6.07) is -1.89. The highest BCUT2D eigenvalue weighted by Gasteiger charge is 2.62. The summed E-state index contributed by atoms with van der Waals surface area (Å²) in [7, 11) is -29.3. The Hall–Kier alpha value is -3.96. The monoisotopic (exact) mass is 1790 g/mol. The first-order valence-corrected chi connectivity index (χ1v) is 42.9. The lowest BCUT2D eigenvalue weighted by molar-refractivity contribution is -0.386. The SMILES string of the molecule is CCO[C@H]1[C@H](O)[C@@H](COS(=O)(=O)O)O[C@@H](O[C@H]2[C@H](OC)[C@@H](OC)[C@H](O[C@H]3[C@H](OS(=O)(=O)O)[C@@H](OS(=O)(=O)O)[C@@H](O[C@H]4[C@H](OC)[C@@H](OC)[C@@H](O[C@H]5[C@H](OC)[C@@H](OS(=O)(=O)O)[C@@H](OC)O[C@@H]5COS(=O)(=O)O)O[C@@H]4C(=O)O)O[C@@H]3COS(=O)(=O)O)O[C@@H]2C(=O)O)[C@@H]1NC(=O)CCCCCNC(=O)CCCCC1SCC2NC(=O)NC21. The molecule has 7 aliphatic heterocycles. The van der Waals surface area contributed by atoms with E-state index in [1.807, 2.05) is 0 Å². The smallest absolute Gasteiger partial charge is 0.397 e. The zero-order valence-corrected chi connectivity index (χ0v) is 66.1. The molecule has 0 bridgehead atoms. The zero-order valence-electron chi connectivity index (χ0n) is 60.4. The molecule has 28 atom stereocenters. The highest BCUT2D eigenvalue weighted by Crippen LogP contribution is 2.42. The fourth-order valence-corrected chi connectivity index (χ4v) is 17.4. The number of aliphatic hydroxyl groups excluding tert-OH is 1. The second-order valence-corrected chi connectivity index (χ2v) is 33.1. The lowest BCUT2D eigenvalue weighted by atomic mass is 9.94. The number of ether oxygens (including phenoxy) is 16. The summed E-state index contributed by atoms with van der Waals surface area (Å²) >= 11 is 1.75. The van der Waals surface area contributed by atoms with Gasteiger partial charge >= 0.3 is 80.4 Å². The van der Waals surface area contributed by atoms with Crippen molar-refractivity contribution in [2.45, 2.75) is 229 Å².